The number of carbonyl (C=O) groups is 1. The predicted molar refractivity (Wildman–Crippen MR) is 110 cm³/mol. The molecule has 0 spiro atoms. The van der Waals surface area contributed by atoms with Crippen LogP contribution in [0.4, 0.5) is 28.4 Å². The first-order valence-electron chi connectivity index (χ1n) is 8.68. The minimum absolute atomic E-state index is 0.112. The molecule has 0 saturated heterocycles. The maximum absolute atomic E-state index is 13.3. The van der Waals surface area contributed by atoms with Crippen molar-refractivity contribution in [2.45, 2.75) is 30.7 Å². The second kappa shape index (κ2) is 9.42. The summed E-state index contributed by atoms with van der Waals surface area (Å²) in [4.78, 5) is 16.2. The Morgan fingerprint density at radius 3 is 2.34 bits per heavy atom. The van der Waals surface area contributed by atoms with E-state index in [2.05, 4.69) is 20.1 Å². The molecule has 172 valence electrons. The van der Waals surface area contributed by atoms with E-state index in [-0.39, 0.29) is 15.7 Å². The van der Waals surface area contributed by atoms with Gasteiger partial charge in [-0.25, -0.2) is 35.6 Å². The summed E-state index contributed by atoms with van der Waals surface area (Å²) >= 11 is 6.69. The largest absolute Gasteiger partial charge is 0.324 e. The van der Waals surface area contributed by atoms with Gasteiger partial charge in [-0.1, -0.05) is 11.6 Å². The van der Waals surface area contributed by atoms with Gasteiger partial charge in [0, 0.05) is 17.3 Å². The number of thiazole rings is 1. The van der Waals surface area contributed by atoms with E-state index in [1.54, 1.807) is 5.38 Å². The SMILES string of the molecule is CC(C(=O)Nc1ccc(S(=O)(=O)Nc2nccs2)cc1)n1nc(C(F)F)c(Cl)c1C(F)F. The summed E-state index contributed by atoms with van der Waals surface area (Å²) in [5, 5.41) is 6.62. The molecule has 1 aromatic carbocycles. The number of aromatic nitrogens is 3. The quantitative estimate of drug-likeness (QED) is 0.420. The van der Waals surface area contributed by atoms with E-state index in [1.165, 1.54) is 37.4 Å². The highest BCUT2D eigenvalue weighted by Gasteiger charge is 2.32. The van der Waals surface area contributed by atoms with Crippen LogP contribution in [0.5, 0.6) is 0 Å². The summed E-state index contributed by atoms with van der Waals surface area (Å²) in [5.41, 5.74) is -1.91. The van der Waals surface area contributed by atoms with Crippen LogP contribution >= 0.6 is 22.9 Å². The van der Waals surface area contributed by atoms with Gasteiger partial charge >= 0.3 is 0 Å². The molecular formula is C17H14ClF4N5O3S2. The van der Waals surface area contributed by atoms with Gasteiger partial charge in [-0.15, -0.1) is 11.3 Å². The molecule has 0 bridgehead atoms. The van der Waals surface area contributed by atoms with Crippen LogP contribution in [-0.4, -0.2) is 29.1 Å². The summed E-state index contributed by atoms with van der Waals surface area (Å²) in [6, 6.07) is 3.55. The van der Waals surface area contributed by atoms with Gasteiger partial charge in [0.05, 0.1) is 9.92 Å². The Balaban J connectivity index is 1.77. The van der Waals surface area contributed by atoms with E-state index >= 15 is 0 Å². The van der Waals surface area contributed by atoms with Crippen molar-refractivity contribution in [1.29, 1.82) is 0 Å². The lowest BCUT2D eigenvalue weighted by molar-refractivity contribution is -0.119. The lowest BCUT2D eigenvalue weighted by atomic mass is 10.2. The molecule has 2 N–H and O–H groups in total. The van der Waals surface area contributed by atoms with Gasteiger partial charge in [-0.05, 0) is 31.2 Å². The number of sulfonamides is 1. The smallest absolute Gasteiger partial charge is 0.283 e. The Labute approximate surface area is 188 Å². The minimum Gasteiger partial charge on any atom is -0.324 e. The number of anilines is 2. The van der Waals surface area contributed by atoms with Crippen LogP contribution in [0, 0.1) is 0 Å². The van der Waals surface area contributed by atoms with Crippen molar-refractivity contribution in [3.05, 3.63) is 52.3 Å². The predicted octanol–water partition coefficient (Wildman–Crippen LogP) is 4.87. The highest BCUT2D eigenvalue weighted by Crippen LogP contribution is 2.36. The van der Waals surface area contributed by atoms with Crippen LogP contribution in [-0.2, 0) is 14.8 Å². The van der Waals surface area contributed by atoms with Crippen LogP contribution in [0.15, 0.2) is 40.7 Å². The number of alkyl halides is 4. The molecule has 2 heterocycles. The van der Waals surface area contributed by atoms with Crippen LogP contribution < -0.4 is 10.0 Å². The Bertz CT molecular complexity index is 1200. The molecule has 1 unspecified atom stereocenters. The van der Waals surface area contributed by atoms with Crippen LogP contribution in [0.2, 0.25) is 5.02 Å². The van der Waals surface area contributed by atoms with Crippen molar-refractivity contribution < 1.29 is 30.8 Å². The molecule has 1 amide bonds. The third-order valence-corrected chi connectivity index (χ3v) is 6.72. The number of benzene rings is 1. The number of nitrogens with zero attached hydrogens (tertiary/aromatic N) is 3. The molecule has 3 rings (SSSR count). The molecule has 0 aliphatic carbocycles. The zero-order chi connectivity index (χ0) is 23.6. The lowest BCUT2D eigenvalue weighted by Crippen LogP contribution is -2.26. The Hall–Kier alpha value is -2.71. The molecule has 15 heteroatoms. The third-order valence-electron chi connectivity index (χ3n) is 4.16. The second-order valence-corrected chi connectivity index (χ2v) is 9.22. The molecule has 0 fully saturated rings. The first kappa shape index (κ1) is 23.9. The molecular weight excluding hydrogens is 498 g/mol. The molecule has 2 aromatic heterocycles. The van der Waals surface area contributed by atoms with E-state index in [9.17, 15) is 30.8 Å². The van der Waals surface area contributed by atoms with Crippen molar-refractivity contribution in [3.8, 4) is 0 Å². The fraction of sp³-hybridized carbons (Fsp3) is 0.235. The molecule has 32 heavy (non-hydrogen) atoms. The van der Waals surface area contributed by atoms with E-state index in [0.717, 1.165) is 11.3 Å². The molecule has 1 atom stereocenters. The van der Waals surface area contributed by atoms with Crippen molar-refractivity contribution >= 4 is 49.7 Å². The summed E-state index contributed by atoms with van der Waals surface area (Å²) in [6.07, 6.45) is -5.02. The number of nitrogens with one attached hydrogen (secondary N) is 2. The van der Waals surface area contributed by atoms with Crippen LogP contribution in [0.25, 0.3) is 0 Å². The fourth-order valence-electron chi connectivity index (χ4n) is 2.60. The molecule has 0 aliphatic heterocycles. The number of halogens is 5. The average molecular weight is 512 g/mol. The van der Waals surface area contributed by atoms with E-state index in [1.807, 2.05) is 0 Å². The van der Waals surface area contributed by atoms with Gasteiger partial charge in [0.25, 0.3) is 22.9 Å². The third kappa shape index (κ3) is 5.02. The van der Waals surface area contributed by atoms with Crippen molar-refractivity contribution in [1.82, 2.24) is 14.8 Å². The second-order valence-electron chi connectivity index (χ2n) is 6.26. The molecule has 8 nitrogen and oxygen atoms in total. The highest BCUT2D eigenvalue weighted by atomic mass is 35.5. The summed E-state index contributed by atoms with van der Waals surface area (Å²) < 4.78 is 80.0. The van der Waals surface area contributed by atoms with Gasteiger partial charge in [0.1, 0.15) is 17.4 Å². The summed E-state index contributed by atoms with van der Waals surface area (Å²) in [7, 11) is -3.91. The number of rotatable bonds is 8. The fourth-order valence-corrected chi connectivity index (χ4v) is 4.68. The van der Waals surface area contributed by atoms with Gasteiger partial charge in [0.2, 0.25) is 5.91 Å². The first-order chi connectivity index (χ1) is 15.0. The van der Waals surface area contributed by atoms with Crippen LogP contribution in [0.3, 0.4) is 0 Å². The average Bonchev–Trinajstić information content (AvgIpc) is 3.34. The zero-order valence-electron chi connectivity index (χ0n) is 16.0. The van der Waals surface area contributed by atoms with Gasteiger partial charge in [-0.2, -0.15) is 5.10 Å². The summed E-state index contributed by atoms with van der Waals surface area (Å²) in [5.74, 6) is -0.858. The zero-order valence-corrected chi connectivity index (χ0v) is 18.4. The maximum Gasteiger partial charge on any atom is 0.283 e. The number of amides is 1. The van der Waals surface area contributed by atoms with Gasteiger partial charge in [-0.3, -0.25) is 9.52 Å². The monoisotopic (exact) mass is 511 g/mol. The number of hydrogen-bond acceptors (Lipinski definition) is 6. The normalized spacial score (nSPS) is 12.9. The number of carbonyl (C=O) groups excluding carboxylic acids is 1. The van der Waals surface area contributed by atoms with E-state index in [0.29, 0.717) is 4.68 Å². The molecule has 0 aliphatic rings. The highest BCUT2D eigenvalue weighted by molar-refractivity contribution is 7.93. The maximum atomic E-state index is 13.3. The van der Waals surface area contributed by atoms with Crippen molar-refractivity contribution in [3.63, 3.8) is 0 Å². The molecule has 0 saturated carbocycles. The van der Waals surface area contributed by atoms with Gasteiger partial charge < -0.3 is 5.32 Å². The van der Waals surface area contributed by atoms with Crippen LogP contribution in [0.1, 0.15) is 37.2 Å². The van der Waals surface area contributed by atoms with E-state index in [4.69, 9.17) is 11.6 Å². The van der Waals surface area contributed by atoms with E-state index < -0.39 is 51.2 Å². The standard InChI is InChI=1S/C17H14ClF4N5O3S2/c1-8(27-13(15(21)22)11(18)12(25-27)14(19)20)16(28)24-9-2-4-10(5-3-9)32(29,30)26-17-23-6-7-31-17/h2-8,14-15H,1H3,(H,23,26)(H,24,28). The Morgan fingerprint density at radius 2 is 1.81 bits per heavy atom. The number of hydrogen-bond donors (Lipinski definition) is 2. The first-order valence-corrected chi connectivity index (χ1v) is 11.4. The Morgan fingerprint density at radius 1 is 1.16 bits per heavy atom. The molecule has 0 radical (unpaired) electrons. The lowest BCUT2D eigenvalue weighted by Gasteiger charge is -2.16. The summed E-state index contributed by atoms with van der Waals surface area (Å²) in [6.45, 7) is 1.18. The molecule has 3 aromatic rings. The van der Waals surface area contributed by atoms with Crippen molar-refractivity contribution in [2.24, 2.45) is 0 Å². The Kier molecular flexibility index (Phi) is 7.05. The van der Waals surface area contributed by atoms with Crippen molar-refractivity contribution in [2.75, 3.05) is 10.0 Å². The van der Waals surface area contributed by atoms with Gasteiger partial charge in [0.15, 0.2) is 5.13 Å². The minimum atomic E-state index is -3.91. The topological polar surface area (TPSA) is 106 Å².